The number of rotatable bonds is 8. The first-order valence-electron chi connectivity index (χ1n) is 13.3. The van der Waals surface area contributed by atoms with Crippen molar-refractivity contribution >= 4 is 11.6 Å². The van der Waals surface area contributed by atoms with E-state index < -0.39 is 36.5 Å². The van der Waals surface area contributed by atoms with Crippen molar-refractivity contribution < 1.29 is 22.4 Å². The van der Waals surface area contributed by atoms with Gasteiger partial charge in [-0.25, -0.2) is 17.6 Å². The van der Waals surface area contributed by atoms with Crippen molar-refractivity contribution in [3.63, 3.8) is 0 Å². The minimum Gasteiger partial charge on any atom is -0.321 e. The van der Waals surface area contributed by atoms with Crippen LogP contribution in [0.15, 0.2) is 42.7 Å². The Labute approximate surface area is 224 Å². The molecule has 6 nitrogen and oxygen atoms in total. The Hall–Kier alpha value is -3.27. The molecule has 1 aliphatic heterocycles. The van der Waals surface area contributed by atoms with Crippen LogP contribution in [0.25, 0.3) is 0 Å². The van der Waals surface area contributed by atoms with Crippen LogP contribution in [0.4, 0.5) is 23.2 Å². The summed E-state index contributed by atoms with van der Waals surface area (Å²) in [5, 5.41) is 11.5. The molecule has 39 heavy (non-hydrogen) atoms. The molecule has 0 spiro atoms. The Kier molecular flexibility index (Phi) is 6.09. The van der Waals surface area contributed by atoms with Gasteiger partial charge in [0.2, 0.25) is 5.92 Å². The Morgan fingerprint density at radius 3 is 2.49 bits per heavy atom. The predicted octanol–water partition coefficient (Wildman–Crippen LogP) is 5.85. The Morgan fingerprint density at radius 1 is 1.13 bits per heavy atom. The van der Waals surface area contributed by atoms with E-state index in [0.717, 1.165) is 19.3 Å². The Morgan fingerprint density at radius 2 is 1.87 bits per heavy atom. The summed E-state index contributed by atoms with van der Waals surface area (Å²) < 4.78 is 59.0. The summed E-state index contributed by atoms with van der Waals surface area (Å²) in [7, 11) is 1.76. The highest BCUT2D eigenvalue weighted by atomic mass is 19.3. The number of hydrogen-bond acceptors (Lipinski definition) is 4. The molecule has 3 aromatic rings. The summed E-state index contributed by atoms with van der Waals surface area (Å²) in [6, 6.07) is 10.2. The Bertz CT molecular complexity index is 1420. The number of halogens is 4. The number of nitrogens with one attached hydrogen (secondary N) is 1. The zero-order chi connectivity index (χ0) is 27.6. The molecule has 1 amide bonds. The van der Waals surface area contributed by atoms with Crippen LogP contribution in [0, 0.1) is 0 Å². The zero-order valence-electron chi connectivity index (χ0n) is 22.0. The number of benzene rings is 2. The molecule has 2 aliphatic carbocycles. The highest BCUT2D eigenvalue weighted by Crippen LogP contribution is 2.57. The first-order chi connectivity index (χ1) is 18.5. The molecule has 1 aromatic heterocycles. The Balaban J connectivity index is 1.36. The summed E-state index contributed by atoms with van der Waals surface area (Å²) in [6.45, 7) is 2.47. The average molecular weight is 542 g/mol. The second-order valence-electron chi connectivity index (χ2n) is 11.7. The number of carbonyl (C=O) groups excluding carboxylic acids is 1. The zero-order valence-corrected chi connectivity index (χ0v) is 22.0. The van der Waals surface area contributed by atoms with Gasteiger partial charge in [0, 0.05) is 60.6 Å². The molecule has 206 valence electrons. The van der Waals surface area contributed by atoms with Crippen LogP contribution in [-0.2, 0) is 32.0 Å². The first-order valence-corrected chi connectivity index (χ1v) is 13.3. The lowest BCUT2D eigenvalue weighted by Gasteiger charge is -2.48. The standard InChI is InChI=1S/C29H31F4N5O/c1-27(8-5-9-27)34-13-18-10-19(25(30)31)21-14-38(26(39)20(21)11-18)23-7-4-3-6-22(23)28(15-29(32,33)16-28)12-24-36-35-17-37(24)2/h3-4,6-7,10-11,17,25,34H,5,8-9,12-16H2,1-2H3. The molecular formula is C29H31F4N5O. The number of hydrogen-bond donors (Lipinski definition) is 1. The fraction of sp³-hybridized carbons (Fsp3) is 0.483. The number of carbonyl (C=O) groups is 1. The van der Waals surface area contributed by atoms with Crippen LogP contribution in [-0.4, -0.2) is 32.1 Å². The van der Waals surface area contributed by atoms with E-state index in [4.69, 9.17) is 0 Å². The number of anilines is 1. The number of aryl methyl sites for hydroxylation is 1. The van der Waals surface area contributed by atoms with Crippen molar-refractivity contribution in [3.05, 3.63) is 76.4 Å². The lowest BCUT2D eigenvalue weighted by atomic mass is 9.59. The molecule has 2 heterocycles. The second kappa shape index (κ2) is 9.15. The molecule has 1 N–H and O–H groups in total. The van der Waals surface area contributed by atoms with Crippen molar-refractivity contribution in [2.45, 2.75) is 81.8 Å². The average Bonchev–Trinajstić information content (AvgIpc) is 3.42. The van der Waals surface area contributed by atoms with E-state index in [9.17, 15) is 22.4 Å². The van der Waals surface area contributed by atoms with Gasteiger partial charge in [-0.05, 0) is 61.1 Å². The van der Waals surface area contributed by atoms with Gasteiger partial charge in [0.05, 0.1) is 6.54 Å². The molecule has 0 bridgehead atoms. The topological polar surface area (TPSA) is 63.1 Å². The first kappa shape index (κ1) is 26.0. The third-order valence-electron chi connectivity index (χ3n) is 8.81. The SMILES string of the molecule is Cn1cnnc1CC1(c2ccccc2N2Cc3c(cc(CNC4(C)CCC4)cc3C(F)F)C2=O)CC(F)(F)C1. The van der Waals surface area contributed by atoms with Crippen molar-refractivity contribution in [1.82, 2.24) is 20.1 Å². The van der Waals surface area contributed by atoms with E-state index in [-0.39, 0.29) is 29.6 Å². The number of aromatic nitrogens is 3. The van der Waals surface area contributed by atoms with E-state index in [1.807, 2.05) is 0 Å². The smallest absolute Gasteiger partial charge is 0.264 e. The van der Waals surface area contributed by atoms with Crippen LogP contribution in [0.2, 0.25) is 0 Å². The van der Waals surface area contributed by atoms with Gasteiger partial charge in [-0.15, -0.1) is 10.2 Å². The summed E-state index contributed by atoms with van der Waals surface area (Å²) in [4.78, 5) is 15.2. The number of nitrogens with zero attached hydrogens (tertiary/aromatic N) is 4. The van der Waals surface area contributed by atoms with E-state index in [1.165, 1.54) is 17.3 Å². The van der Waals surface area contributed by atoms with Crippen molar-refractivity contribution in [1.29, 1.82) is 0 Å². The van der Waals surface area contributed by atoms with Crippen molar-refractivity contribution in [2.24, 2.45) is 7.05 Å². The number of para-hydroxylation sites is 1. The molecule has 2 saturated carbocycles. The summed E-state index contributed by atoms with van der Waals surface area (Å²) in [6.07, 6.45) is 1.40. The highest BCUT2D eigenvalue weighted by Gasteiger charge is 2.58. The summed E-state index contributed by atoms with van der Waals surface area (Å²) >= 11 is 0. The maximum atomic E-state index is 14.4. The van der Waals surface area contributed by atoms with Gasteiger partial charge >= 0.3 is 0 Å². The predicted molar refractivity (Wildman–Crippen MR) is 138 cm³/mol. The lowest BCUT2D eigenvalue weighted by Crippen LogP contribution is -2.51. The number of fused-ring (bicyclic) bond motifs is 1. The molecule has 10 heteroatoms. The van der Waals surface area contributed by atoms with Gasteiger partial charge in [-0.3, -0.25) is 4.79 Å². The van der Waals surface area contributed by atoms with Crippen LogP contribution >= 0.6 is 0 Å². The fourth-order valence-electron chi connectivity index (χ4n) is 6.47. The van der Waals surface area contributed by atoms with Gasteiger partial charge in [0.25, 0.3) is 12.3 Å². The largest absolute Gasteiger partial charge is 0.321 e. The molecular weight excluding hydrogens is 510 g/mol. The summed E-state index contributed by atoms with van der Waals surface area (Å²) in [5.74, 6) is -2.67. The molecule has 2 fully saturated rings. The quantitative estimate of drug-likeness (QED) is 0.363. The van der Waals surface area contributed by atoms with Crippen molar-refractivity contribution in [2.75, 3.05) is 4.90 Å². The molecule has 0 saturated heterocycles. The fourth-order valence-corrected chi connectivity index (χ4v) is 6.47. The minimum absolute atomic E-state index is 0.0130. The van der Waals surface area contributed by atoms with E-state index in [2.05, 4.69) is 22.4 Å². The van der Waals surface area contributed by atoms with Gasteiger partial charge in [-0.2, -0.15) is 0 Å². The highest BCUT2D eigenvalue weighted by molar-refractivity contribution is 6.11. The van der Waals surface area contributed by atoms with Crippen LogP contribution < -0.4 is 10.2 Å². The minimum atomic E-state index is -2.84. The molecule has 0 unspecified atom stereocenters. The van der Waals surface area contributed by atoms with Crippen molar-refractivity contribution in [3.8, 4) is 0 Å². The van der Waals surface area contributed by atoms with Gasteiger partial charge in [0.15, 0.2) is 0 Å². The third kappa shape index (κ3) is 4.52. The molecule has 6 rings (SSSR count). The van der Waals surface area contributed by atoms with Gasteiger partial charge in [0.1, 0.15) is 12.2 Å². The molecule has 2 aromatic carbocycles. The van der Waals surface area contributed by atoms with Crippen LogP contribution in [0.3, 0.4) is 0 Å². The van der Waals surface area contributed by atoms with Gasteiger partial charge < -0.3 is 14.8 Å². The molecule has 3 aliphatic rings. The summed E-state index contributed by atoms with van der Waals surface area (Å²) in [5.41, 5.74) is 1.12. The maximum absolute atomic E-state index is 14.4. The van der Waals surface area contributed by atoms with Gasteiger partial charge in [-0.1, -0.05) is 18.2 Å². The lowest BCUT2D eigenvalue weighted by molar-refractivity contribution is -0.127. The maximum Gasteiger partial charge on any atom is 0.264 e. The van der Waals surface area contributed by atoms with Crippen LogP contribution in [0.5, 0.6) is 0 Å². The monoisotopic (exact) mass is 541 g/mol. The van der Waals surface area contributed by atoms with E-state index in [0.29, 0.717) is 34.7 Å². The number of amides is 1. The van der Waals surface area contributed by atoms with Crippen LogP contribution in [0.1, 0.15) is 83.9 Å². The third-order valence-corrected chi connectivity index (χ3v) is 8.81. The second-order valence-corrected chi connectivity index (χ2v) is 11.7. The molecule has 0 atom stereocenters. The normalized spacial score (nSPS) is 20.6. The molecule has 0 radical (unpaired) electrons. The van der Waals surface area contributed by atoms with E-state index in [1.54, 1.807) is 41.9 Å². The number of alkyl halides is 4. The van der Waals surface area contributed by atoms with E-state index >= 15 is 0 Å².